The van der Waals surface area contributed by atoms with Gasteiger partial charge in [0.05, 0.1) is 7.11 Å². The van der Waals surface area contributed by atoms with Gasteiger partial charge in [-0.25, -0.2) is 4.79 Å². The number of rotatable bonds is 2. The van der Waals surface area contributed by atoms with E-state index in [4.69, 9.17) is 9.47 Å². The molecule has 0 amide bonds. The number of esters is 1. The molecular formula is C12H12O4. The van der Waals surface area contributed by atoms with Gasteiger partial charge in [0.1, 0.15) is 13.2 Å². The summed E-state index contributed by atoms with van der Waals surface area (Å²) in [6.07, 6.45) is 3.04. The molecule has 0 bridgehead atoms. The lowest BCUT2D eigenvalue weighted by Gasteiger charge is -2.18. The van der Waals surface area contributed by atoms with Crippen molar-refractivity contribution in [3.63, 3.8) is 0 Å². The van der Waals surface area contributed by atoms with Crippen molar-refractivity contribution >= 4 is 12.0 Å². The monoisotopic (exact) mass is 220 g/mol. The van der Waals surface area contributed by atoms with Gasteiger partial charge < -0.3 is 14.2 Å². The number of hydrogen-bond donors (Lipinski definition) is 0. The van der Waals surface area contributed by atoms with Gasteiger partial charge in [0.2, 0.25) is 0 Å². The number of benzene rings is 1. The summed E-state index contributed by atoms with van der Waals surface area (Å²) in [5, 5.41) is 0. The molecule has 0 aromatic heterocycles. The average Bonchev–Trinajstić information content (AvgIpc) is 2.35. The number of carbonyl (C=O) groups is 1. The van der Waals surface area contributed by atoms with Crippen LogP contribution in [0.2, 0.25) is 0 Å². The lowest BCUT2D eigenvalue weighted by atomic mass is 10.2. The number of hydrogen-bond acceptors (Lipinski definition) is 4. The highest BCUT2D eigenvalue weighted by Gasteiger charge is 2.10. The van der Waals surface area contributed by atoms with Crippen molar-refractivity contribution in [1.82, 2.24) is 0 Å². The summed E-state index contributed by atoms with van der Waals surface area (Å²) in [6, 6.07) is 5.51. The standard InChI is InChI=1S/C12H12O4/c1-14-12(13)5-3-9-2-4-10-11(8-9)16-7-6-15-10/h2-5,8H,6-7H2,1H3. The lowest BCUT2D eigenvalue weighted by molar-refractivity contribution is -0.134. The van der Waals surface area contributed by atoms with Crippen LogP contribution in [0.4, 0.5) is 0 Å². The number of fused-ring (bicyclic) bond motifs is 1. The van der Waals surface area contributed by atoms with E-state index in [0.29, 0.717) is 19.0 Å². The van der Waals surface area contributed by atoms with E-state index in [1.54, 1.807) is 6.08 Å². The molecular weight excluding hydrogens is 208 g/mol. The zero-order valence-corrected chi connectivity index (χ0v) is 8.93. The molecule has 4 heteroatoms. The highest BCUT2D eigenvalue weighted by atomic mass is 16.6. The maximum atomic E-state index is 10.9. The second-order valence-corrected chi connectivity index (χ2v) is 3.26. The first-order valence-corrected chi connectivity index (χ1v) is 4.95. The average molecular weight is 220 g/mol. The Hall–Kier alpha value is -1.97. The van der Waals surface area contributed by atoms with Crippen molar-refractivity contribution in [3.8, 4) is 11.5 Å². The van der Waals surface area contributed by atoms with Crippen LogP contribution in [0.25, 0.3) is 6.08 Å². The first kappa shape index (κ1) is 10.5. The van der Waals surface area contributed by atoms with Gasteiger partial charge in [0.25, 0.3) is 0 Å². The fraction of sp³-hybridized carbons (Fsp3) is 0.250. The predicted octanol–water partition coefficient (Wildman–Crippen LogP) is 1.64. The Morgan fingerprint density at radius 3 is 2.81 bits per heavy atom. The molecule has 0 unspecified atom stereocenters. The highest BCUT2D eigenvalue weighted by Crippen LogP contribution is 2.30. The van der Waals surface area contributed by atoms with Crippen molar-refractivity contribution in [1.29, 1.82) is 0 Å². The van der Waals surface area contributed by atoms with Crippen LogP contribution >= 0.6 is 0 Å². The van der Waals surface area contributed by atoms with Gasteiger partial charge >= 0.3 is 5.97 Å². The maximum Gasteiger partial charge on any atom is 0.330 e. The summed E-state index contributed by atoms with van der Waals surface area (Å²) in [4.78, 5) is 10.9. The van der Waals surface area contributed by atoms with Crippen LogP contribution in [0.3, 0.4) is 0 Å². The molecule has 2 rings (SSSR count). The third-order valence-corrected chi connectivity index (χ3v) is 2.18. The van der Waals surface area contributed by atoms with E-state index < -0.39 is 0 Å². The molecule has 1 aromatic carbocycles. The third kappa shape index (κ3) is 2.34. The Morgan fingerprint density at radius 1 is 1.31 bits per heavy atom. The molecule has 0 aliphatic carbocycles. The van der Waals surface area contributed by atoms with Crippen LogP contribution in [-0.2, 0) is 9.53 Å². The third-order valence-electron chi connectivity index (χ3n) is 2.18. The molecule has 0 radical (unpaired) electrons. The summed E-state index contributed by atoms with van der Waals surface area (Å²) >= 11 is 0. The normalized spacial score (nSPS) is 13.8. The summed E-state index contributed by atoms with van der Waals surface area (Å²) in [5.74, 6) is 1.06. The second-order valence-electron chi connectivity index (χ2n) is 3.26. The number of carbonyl (C=O) groups excluding carboxylic acids is 1. The Labute approximate surface area is 93.4 Å². The van der Waals surface area contributed by atoms with E-state index in [1.807, 2.05) is 18.2 Å². The van der Waals surface area contributed by atoms with Crippen LogP contribution in [-0.4, -0.2) is 26.3 Å². The largest absolute Gasteiger partial charge is 0.486 e. The Morgan fingerprint density at radius 2 is 2.06 bits per heavy atom. The Kier molecular flexibility index (Phi) is 3.10. The molecule has 0 N–H and O–H groups in total. The minimum atomic E-state index is -0.380. The van der Waals surface area contributed by atoms with Gasteiger partial charge in [0.15, 0.2) is 11.5 Å². The van der Waals surface area contributed by atoms with Crippen molar-refractivity contribution in [2.75, 3.05) is 20.3 Å². The van der Waals surface area contributed by atoms with E-state index in [9.17, 15) is 4.79 Å². The summed E-state index contributed by atoms with van der Waals surface area (Å²) in [7, 11) is 1.34. The summed E-state index contributed by atoms with van der Waals surface area (Å²) in [6.45, 7) is 1.13. The molecule has 16 heavy (non-hydrogen) atoms. The number of methoxy groups -OCH3 is 1. The number of ether oxygens (including phenoxy) is 3. The fourth-order valence-corrected chi connectivity index (χ4v) is 1.40. The zero-order chi connectivity index (χ0) is 11.4. The van der Waals surface area contributed by atoms with Crippen molar-refractivity contribution in [2.24, 2.45) is 0 Å². The van der Waals surface area contributed by atoms with Gasteiger partial charge in [-0.05, 0) is 23.8 Å². The van der Waals surface area contributed by atoms with E-state index >= 15 is 0 Å². The van der Waals surface area contributed by atoms with E-state index in [-0.39, 0.29) is 5.97 Å². The Bertz CT molecular complexity index is 423. The van der Waals surface area contributed by atoms with E-state index in [2.05, 4.69) is 4.74 Å². The molecule has 4 nitrogen and oxygen atoms in total. The van der Waals surface area contributed by atoms with Gasteiger partial charge in [-0.3, -0.25) is 0 Å². The van der Waals surface area contributed by atoms with Crippen LogP contribution < -0.4 is 9.47 Å². The minimum Gasteiger partial charge on any atom is -0.486 e. The van der Waals surface area contributed by atoms with Gasteiger partial charge in [0, 0.05) is 6.08 Å². The van der Waals surface area contributed by atoms with Crippen molar-refractivity contribution in [2.45, 2.75) is 0 Å². The molecule has 0 spiro atoms. The molecule has 1 heterocycles. The predicted molar refractivity (Wildman–Crippen MR) is 58.5 cm³/mol. The van der Waals surface area contributed by atoms with E-state index in [0.717, 1.165) is 11.3 Å². The molecule has 0 fully saturated rings. The smallest absolute Gasteiger partial charge is 0.330 e. The molecule has 1 aliphatic heterocycles. The summed E-state index contributed by atoms with van der Waals surface area (Å²) in [5.41, 5.74) is 0.870. The van der Waals surface area contributed by atoms with Crippen LogP contribution in [0.15, 0.2) is 24.3 Å². The molecule has 0 saturated heterocycles. The first-order chi connectivity index (χ1) is 7.79. The minimum absolute atomic E-state index is 0.380. The second kappa shape index (κ2) is 4.70. The Balaban J connectivity index is 2.17. The van der Waals surface area contributed by atoms with Crippen molar-refractivity contribution < 1.29 is 19.0 Å². The van der Waals surface area contributed by atoms with Gasteiger partial charge in [-0.2, -0.15) is 0 Å². The van der Waals surface area contributed by atoms with Crippen LogP contribution in [0, 0.1) is 0 Å². The first-order valence-electron chi connectivity index (χ1n) is 4.95. The SMILES string of the molecule is COC(=O)C=Cc1ccc2c(c1)OCCO2. The molecule has 1 aliphatic rings. The molecule has 0 saturated carbocycles. The molecule has 1 aromatic rings. The lowest BCUT2D eigenvalue weighted by Crippen LogP contribution is -2.15. The highest BCUT2D eigenvalue weighted by molar-refractivity contribution is 5.87. The van der Waals surface area contributed by atoms with Gasteiger partial charge in [-0.15, -0.1) is 0 Å². The zero-order valence-electron chi connectivity index (χ0n) is 8.93. The maximum absolute atomic E-state index is 10.9. The van der Waals surface area contributed by atoms with Crippen molar-refractivity contribution in [3.05, 3.63) is 29.8 Å². The quantitative estimate of drug-likeness (QED) is 0.561. The van der Waals surface area contributed by atoms with E-state index in [1.165, 1.54) is 13.2 Å². The summed E-state index contributed by atoms with van der Waals surface area (Å²) < 4.78 is 15.3. The fourth-order valence-electron chi connectivity index (χ4n) is 1.40. The van der Waals surface area contributed by atoms with Crippen LogP contribution in [0.5, 0.6) is 11.5 Å². The molecule has 0 atom stereocenters. The van der Waals surface area contributed by atoms with Gasteiger partial charge in [-0.1, -0.05) is 6.07 Å². The topological polar surface area (TPSA) is 44.8 Å². The van der Waals surface area contributed by atoms with Crippen LogP contribution in [0.1, 0.15) is 5.56 Å². The molecule has 84 valence electrons.